The first-order valence-corrected chi connectivity index (χ1v) is 5.12. The molecule has 0 saturated heterocycles. The molecule has 0 heterocycles. The van der Waals surface area contributed by atoms with Gasteiger partial charge in [-0.3, -0.25) is 4.79 Å². The lowest BCUT2D eigenvalue weighted by Crippen LogP contribution is -2.36. The summed E-state index contributed by atoms with van der Waals surface area (Å²) in [6.45, 7) is 4.55. The monoisotopic (exact) mass is 268 g/mol. The van der Waals surface area contributed by atoms with Gasteiger partial charge in [0, 0.05) is 5.41 Å². The number of carbonyl (C=O) groups is 1. The summed E-state index contributed by atoms with van der Waals surface area (Å²) in [5.74, 6) is -0.411. The molecule has 14 heavy (non-hydrogen) atoms. The molecule has 84 valence electrons. The van der Waals surface area contributed by atoms with Crippen LogP contribution in [0.4, 0.5) is 0 Å². The normalized spacial score (nSPS) is 12.7. The van der Waals surface area contributed by atoms with E-state index < -0.39 is 15.7 Å². The highest BCUT2D eigenvalue weighted by Gasteiger charge is 2.30. The number of aliphatic hydroxyl groups excluding tert-OH is 2. The summed E-state index contributed by atoms with van der Waals surface area (Å²) in [6.07, 6.45) is 0. The molecule has 0 bridgehead atoms. The summed E-state index contributed by atoms with van der Waals surface area (Å²) in [5.41, 5.74) is -0.770. The van der Waals surface area contributed by atoms with Gasteiger partial charge in [-0.2, -0.15) is 0 Å². The topological polar surface area (TPSA) is 66.8 Å². The van der Waals surface area contributed by atoms with Gasteiger partial charge in [0.25, 0.3) is 0 Å². The fraction of sp³-hybridized carbons (Fsp3) is 0.889. The highest BCUT2D eigenvalue weighted by atomic mass is 79.9. The zero-order valence-corrected chi connectivity index (χ0v) is 10.3. The largest absolute Gasteiger partial charge is 0.464 e. The molecule has 0 aromatic carbocycles. The van der Waals surface area contributed by atoms with Gasteiger partial charge in [0.1, 0.15) is 10.9 Å². The molecule has 0 rings (SSSR count). The summed E-state index contributed by atoms with van der Waals surface area (Å²) in [7, 11) is 0. The van der Waals surface area contributed by atoms with Crippen molar-refractivity contribution >= 4 is 21.9 Å². The molecule has 4 nitrogen and oxygen atoms in total. The lowest BCUT2D eigenvalue weighted by atomic mass is 9.94. The molecule has 0 aliphatic rings. The van der Waals surface area contributed by atoms with E-state index in [-0.39, 0.29) is 19.8 Å². The van der Waals surface area contributed by atoms with Gasteiger partial charge in [-0.1, -0.05) is 22.9 Å². The van der Waals surface area contributed by atoms with Crippen molar-refractivity contribution in [2.45, 2.75) is 25.1 Å². The summed E-state index contributed by atoms with van der Waals surface area (Å²) >= 11 is 3.16. The van der Waals surface area contributed by atoms with Crippen molar-refractivity contribution in [1.29, 1.82) is 0 Å². The number of halogens is 1. The molecule has 0 amide bonds. The molecule has 0 unspecified atom stereocenters. The maximum Gasteiger partial charge on any atom is 0.322 e. The predicted octanol–water partition coefficient (Wildman–Crippen LogP) is 0.694. The van der Waals surface area contributed by atoms with Crippen molar-refractivity contribution in [2.75, 3.05) is 19.8 Å². The Balaban J connectivity index is 4.12. The second-order valence-corrected chi connectivity index (χ2v) is 6.16. The van der Waals surface area contributed by atoms with Crippen molar-refractivity contribution < 1.29 is 19.7 Å². The van der Waals surface area contributed by atoms with E-state index in [1.165, 1.54) is 0 Å². The Labute approximate surface area is 92.4 Å². The van der Waals surface area contributed by atoms with E-state index in [1.54, 1.807) is 20.8 Å². The van der Waals surface area contributed by atoms with Crippen LogP contribution in [0.3, 0.4) is 0 Å². The molecule has 0 aromatic heterocycles. The van der Waals surface area contributed by atoms with Crippen LogP contribution in [0.1, 0.15) is 20.8 Å². The summed E-state index contributed by atoms with van der Waals surface area (Å²) in [5, 5.41) is 17.9. The van der Waals surface area contributed by atoms with Crippen molar-refractivity contribution in [2.24, 2.45) is 5.41 Å². The van der Waals surface area contributed by atoms with Gasteiger partial charge in [-0.25, -0.2) is 0 Å². The van der Waals surface area contributed by atoms with Crippen LogP contribution >= 0.6 is 15.9 Å². The second-order valence-electron chi connectivity index (χ2n) is 4.18. The molecular weight excluding hydrogens is 252 g/mol. The Hall–Kier alpha value is -0.130. The summed E-state index contributed by atoms with van der Waals surface area (Å²) < 4.78 is 4.21. The molecule has 0 radical (unpaired) electrons. The maximum absolute atomic E-state index is 11.3. The lowest BCUT2D eigenvalue weighted by Gasteiger charge is -2.25. The van der Waals surface area contributed by atoms with E-state index >= 15 is 0 Å². The first-order valence-electron chi connectivity index (χ1n) is 4.33. The van der Waals surface area contributed by atoms with Crippen molar-refractivity contribution in [1.82, 2.24) is 0 Å². The number of alkyl halides is 1. The molecule has 0 spiro atoms. The molecular formula is C9H17BrO4. The average Bonchev–Trinajstić information content (AvgIpc) is 2.12. The van der Waals surface area contributed by atoms with Gasteiger partial charge in [0.15, 0.2) is 0 Å². The third-order valence-electron chi connectivity index (χ3n) is 1.80. The zero-order chi connectivity index (χ0) is 11.4. The van der Waals surface area contributed by atoms with Crippen LogP contribution in [-0.4, -0.2) is 40.3 Å². The molecule has 0 aliphatic carbocycles. The molecule has 2 N–H and O–H groups in total. The fourth-order valence-electron chi connectivity index (χ4n) is 0.553. The van der Waals surface area contributed by atoms with Gasteiger partial charge in [0.2, 0.25) is 0 Å². The van der Waals surface area contributed by atoms with Crippen LogP contribution in [0, 0.1) is 5.41 Å². The standard InChI is InChI=1S/C9H17BrO4/c1-8(2,10)7(13)14-6-9(3,4-11)5-12/h11-12H,4-6H2,1-3H3. The Morgan fingerprint density at radius 2 is 1.71 bits per heavy atom. The molecule has 0 atom stereocenters. The third-order valence-corrected chi connectivity index (χ3v) is 2.12. The van der Waals surface area contributed by atoms with Crippen LogP contribution in [-0.2, 0) is 9.53 Å². The summed E-state index contributed by atoms with van der Waals surface area (Å²) in [4.78, 5) is 11.3. The van der Waals surface area contributed by atoms with Gasteiger partial charge in [-0.05, 0) is 13.8 Å². The molecule has 0 saturated carbocycles. The van der Waals surface area contributed by atoms with Crippen LogP contribution in [0.2, 0.25) is 0 Å². The number of carbonyl (C=O) groups excluding carboxylic acids is 1. The maximum atomic E-state index is 11.3. The summed E-state index contributed by atoms with van der Waals surface area (Å²) in [6, 6.07) is 0. The van der Waals surface area contributed by atoms with Crippen LogP contribution < -0.4 is 0 Å². The van der Waals surface area contributed by atoms with Crippen molar-refractivity contribution in [3.8, 4) is 0 Å². The molecule has 0 aliphatic heterocycles. The van der Waals surface area contributed by atoms with Crippen LogP contribution in [0.25, 0.3) is 0 Å². The van der Waals surface area contributed by atoms with E-state index in [4.69, 9.17) is 14.9 Å². The predicted molar refractivity (Wildman–Crippen MR) is 56.2 cm³/mol. The van der Waals surface area contributed by atoms with E-state index in [9.17, 15) is 4.79 Å². The van der Waals surface area contributed by atoms with Gasteiger partial charge >= 0.3 is 5.97 Å². The quantitative estimate of drug-likeness (QED) is 0.569. The van der Waals surface area contributed by atoms with Crippen LogP contribution in [0.15, 0.2) is 0 Å². The number of esters is 1. The van der Waals surface area contributed by atoms with E-state index in [1.807, 2.05) is 0 Å². The Morgan fingerprint density at radius 3 is 2.00 bits per heavy atom. The minimum atomic E-state index is -0.770. The Morgan fingerprint density at radius 1 is 1.29 bits per heavy atom. The first kappa shape index (κ1) is 13.9. The lowest BCUT2D eigenvalue weighted by molar-refractivity contribution is -0.150. The Kier molecular flexibility index (Phi) is 5.05. The second kappa shape index (κ2) is 5.09. The average molecular weight is 269 g/mol. The third kappa shape index (κ3) is 4.39. The number of ether oxygens (including phenoxy) is 1. The fourth-order valence-corrected chi connectivity index (χ4v) is 0.667. The van der Waals surface area contributed by atoms with E-state index in [2.05, 4.69) is 15.9 Å². The number of rotatable bonds is 5. The molecule has 0 fully saturated rings. The smallest absolute Gasteiger partial charge is 0.322 e. The minimum Gasteiger partial charge on any atom is -0.464 e. The number of aliphatic hydroxyl groups is 2. The van der Waals surface area contributed by atoms with E-state index in [0.717, 1.165) is 0 Å². The zero-order valence-electron chi connectivity index (χ0n) is 8.71. The molecule has 0 aromatic rings. The Bertz CT molecular complexity index is 193. The molecule has 5 heteroatoms. The van der Waals surface area contributed by atoms with Gasteiger partial charge in [-0.15, -0.1) is 0 Å². The first-order chi connectivity index (χ1) is 6.25. The minimum absolute atomic E-state index is 0.00780. The van der Waals surface area contributed by atoms with Crippen molar-refractivity contribution in [3.63, 3.8) is 0 Å². The number of hydrogen-bond donors (Lipinski definition) is 2. The van der Waals surface area contributed by atoms with Crippen LogP contribution in [0.5, 0.6) is 0 Å². The van der Waals surface area contributed by atoms with Crippen molar-refractivity contribution in [3.05, 3.63) is 0 Å². The SMILES string of the molecule is CC(CO)(CO)COC(=O)C(C)(C)Br. The highest BCUT2D eigenvalue weighted by molar-refractivity contribution is 9.10. The van der Waals surface area contributed by atoms with Gasteiger partial charge in [0.05, 0.1) is 13.2 Å². The number of hydrogen-bond acceptors (Lipinski definition) is 4. The van der Waals surface area contributed by atoms with Gasteiger partial charge < -0.3 is 14.9 Å². The highest BCUT2D eigenvalue weighted by Crippen LogP contribution is 2.20. The van der Waals surface area contributed by atoms with E-state index in [0.29, 0.717) is 0 Å².